The first-order valence-corrected chi connectivity index (χ1v) is 13.9. The van der Waals surface area contributed by atoms with E-state index in [1.807, 2.05) is 0 Å². The first-order valence-electron chi connectivity index (χ1n) is 11.9. The zero-order valence-corrected chi connectivity index (χ0v) is 24.3. The van der Waals surface area contributed by atoms with Crippen LogP contribution in [0.2, 0.25) is 5.02 Å². The van der Waals surface area contributed by atoms with E-state index in [4.69, 9.17) is 21.1 Å². The van der Waals surface area contributed by atoms with Crippen LogP contribution in [-0.2, 0) is 16.2 Å². The van der Waals surface area contributed by atoms with E-state index in [0.29, 0.717) is 45.5 Å². The molecular formula is C27H20BrClFN3O7S. The zero-order valence-electron chi connectivity index (χ0n) is 21.2. The van der Waals surface area contributed by atoms with Gasteiger partial charge < -0.3 is 14.8 Å². The largest absolute Gasteiger partial charge is 0.490 e. The van der Waals surface area contributed by atoms with Gasteiger partial charge in [0.05, 0.1) is 25.9 Å². The number of hydrogen-bond acceptors (Lipinski definition) is 8. The lowest BCUT2D eigenvalue weighted by atomic mass is 10.1. The van der Waals surface area contributed by atoms with Crippen LogP contribution in [0.3, 0.4) is 0 Å². The highest BCUT2D eigenvalue weighted by Crippen LogP contribution is 2.40. The Hall–Kier alpha value is -3.94. The minimum atomic E-state index is -0.660. The molecule has 1 N–H and O–H groups in total. The third-order valence-electron chi connectivity index (χ3n) is 5.54. The third kappa shape index (κ3) is 7.43. The minimum absolute atomic E-state index is 0.0304. The predicted octanol–water partition coefficient (Wildman–Crippen LogP) is 6.80. The van der Waals surface area contributed by atoms with Gasteiger partial charge in [0.15, 0.2) is 11.5 Å². The van der Waals surface area contributed by atoms with E-state index >= 15 is 0 Å². The predicted molar refractivity (Wildman–Crippen MR) is 155 cm³/mol. The second kappa shape index (κ2) is 13.1. The maximum atomic E-state index is 13.4. The second-order valence-electron chi connectivity index (χ2n) is 8.42. The number of non-ortho nitro benzene ring substituents is 1. The van der Waals surface area contributed by atoms with E-state index < -0.39 is 34.3 Å². The van der Waals surface area contributed by atoms with Crippen LogP contribution in [0.4, 0.5) is 20.6 Å². The van der Waals surface area contributed by atoms with E-state index in [0.717, 1.165) is 11.0 Å². The van der Waals surface area contributed by atoms with Crippen molar-refractivity contribution in [1.82, 2.24) is 4.90 Å². The number of carbonyl (C=O) groups is 3. The number of rotatable bonds is 10. The van der Waals surface area contributed by atoms with Crippen molar-refractivity contribution in [3.63, 3.8) is 0 Å². The molecule has 41 heavy (non-hydrogen) atoms. The van der Waals surface area contributed by atoms with Gasteiger partial charge in [-0.05, 0) is 94.3 Å². The first-order chi connectivity index (χ1) is 19.5. The quantitative estimate of drug-likeness (QED) is 0.142. The van der Waals surface area contributed by atoms with Gasteiger partial charge in [0, 0.05) is 17.8 Å². The number of anilines is 1. The summed E-state index contributed by atoms with van der Waals surface area (Å²) in [6.45, 7) is 1.67. The van der Waals surface area contributed by atoms with Crippen LogP contribution < -0.4 is 14.8 Å². The molecule has 1 fully saturated rings. The van der Waals surface area contributed by atoms with Gasteiger partial charge >= 0.3 is 0 Å². The number of nitro benzene ring substituents is 1. The van der Waals surface area contributed by atoms with Gasteiger partial charge in [-0.3, -0.25) is 29.4 Å². The van der Waals surface area contributed by atoms with Crippen LogP contribution in [-0.4, -0.2) is 40.0 Å². The number of benzene rings is 3. The summed E-state index contributed by atoms with van der Waals surface area (Å²) >= 11 is 9.86. The SMILES string of the molecule is CCOc1cc(/C=C2/SC(=O)N(CC(=O)Nc3ccc(F)c(Cl)c3)C2=O)cc(Br)c1OCc1ccc([N+](=O)[O-])cc1. The molecule has 0 spiro atoms. The van der Waals surface area contributed by atoms with Crippen molar-refractivity contribution < 1.29 is 33.2 Å². The molecule has 0 aromatic heterocycles. The Labute approximate surface area is 250 Å². The van der Waals surface area contributed by atoms with Crippen LogP contribution in [0.25, 0.3) is 6.08 Å². The molecule has 4 rings (SSSR count). The monoisotopic (exact) mass is 663 g/mol. The van der Waals surface area contributed by atoms with Gasteiger partial charge in [-0.15, -0.1) is 0 Å². The van der Waals surface area contributed by atoms with Crippen molar-refractivity contribution in [3.05, 3.63) is 96.1 Å². The van der Waals surface area contributed by atoms with Crippen LogP contribution >= 0.6 is 39.3 Å². The topological polar surface area (TPSA) is 128 Å². The molecule has 0 aliphatic carbocycles. The summed E-state index contributed by atoms with van der Waals surface area (Å²) in [5.41, 5.74) is 1.42. The molecule has 1 aliphatic rings. The fraction of sp³-hybridized carbons (Fsp3) is 0.148. The van der Waals surface area contributed by atoms with Gasteiger partial charge in [-0.2, -0.15) is 0 Å². The number of carbonyl (C=O) groups excluding carboxylic acids is 3. The molecule has 3 aromatic carbocycles. The number of nitrogens with zero attached hydrogens (tertiary/aromatic N) is 2. The Balaban J connectivity index is 1.47. The molecule has 1 saturated heterocycles. The van der Waals surface area contributed by atoms with Crippen LogP contribution in [0, 0.1) is 15.9 Å². The summed E-state index contributed by atoms with van der Waals surface area (Å²) in [5.74, 6) is -1.21. The molecule has 3 amide bonds. The number of imide groups is 1. The Kier molecular flexibility index (Phi) is 9.63. The summed E-state index contributed by atoms with van der Waals surface area (Å²) in [7, 11) is 0. The lowest BCUT2D eigenvalue weighted by Gasteiger charge is -2.15. The van der Waals surface area contributed by atoms with Gasteiger partial charge in [0.1, 0.15) is 19.0 Å². The van der Waals surface area contributed by atoms with Gasteiger partial charge in [0.2, 0.25) is 5.91 Å². The number of nitro groups is 1. The zero-order chi connectivity index (χ0) is 29.7. The molecule has 0 bridgehead atoms. The molecule has 3 aromatic rings. The van der Waals surface area contributed by atoms with Crippen molar-refractivity contribution >= 4 is 73.8 Å². The Morgan fingerprint density at radius 1 is 1.17 bits per heavy atom. The lowest BCUT2D eigenvalue weighted by Crippen LogP contribution is -2.36. The van der Waals surface area contributed by atoms with E-state index in [2.05, 4.69) is 21.2 Å². The number of amides is 3. The minimum Gasteiger partial charge on any atom is -0.490 e. The molecule has 0 unspecified atom stereocenters. The van der Waals surface area contributed by atoms with Crippen LogP contribution in [0.5, 0.6) is 11.5 Å². The Morgan fingerprint density at radius 2 is 1.90 bits per heavy atom. The van der Waals surface area contributed by atoms with E-state index in [-0.39, 0.29) is 27.9 Å². The first kappa shape index (κ1) is 30.0. The molecule has 10 nitrogen and oxygen atoms in total. The summed E-state index contributed by atoms with van der Waals surface area (Å²) < 4.78 is 25.5. The second-order valence-corrected chi connectivity index (χ2v) is 10.7. The molecule has 0 saturated carbocycles. The fourth-order valence-electron chi connectivity index (χ4n) is 3.65. The van der Waals surface area contributed by atoms with Crippen molar-refractivity contribution in [2.75, 3.05) is 18.5 Å². The maximum Gasteiger partial charge on any atom is 0.294 e. The Bertz CT molecular complexity index is 1570. The van der Waals surface area contributed by atoms with E-state index in [9.17, 15) is 28.9 Å². The summed E-state index contributed by atoms with van der Waals surface area (Å²) in [6.07, 6.45) is 1.50. The van der Waals surface area contributed by atoms with Crippen LogP contribution in [0.15, 0.2) is 64.0 Å². The summed E-state index contributed by atoms with van der Waals surface area (Å²) in [6, 6.07) is 12.9. The van der Waals surface area contributed by atoms with Crippen molar-refractivity contribution in [3.8, 4) is 11.5 Å². The fourth-order valence-corrected chi connectivity index (χ4v) is 5.24. The number of halogens is 3. The highest BCUT2D eigenvalue weighted by molar-refractivity contribution is 9.10. The third-order valence-corrected chi connectivity index (χ3v) is 7.32. The number of thioether (sulfide) groups is 1. The van der Waals surface area contributed by atoms with Crippen molar-refractivity contribution in [2.45, 2.75) is 13.5 Å². The highest BCUT2D eigenvalue weighted by atomic mass is 79.9. The van der Waals surface area contributed by atoms with Crippen LogP contribution in [0.1, 0.15) is 18.1 Å². The lowest BCUT2D eigenvalue weighted by molar-refractivity contribution is -0.384. The molecular weight excluding hydrogens is 645 g/mol. The Morgan fingerprint density at radius 3 is 2.56 bits per heavy atom. The van der Waals surface area contributed by atoms with E-state index in [1.165, 1.54) is 30.3 Å². The smallest absolute Gasteiger partial charge is 0.294 e. The number of ether oxygens (including phenoxy) is 2. The standard InChI is InChI=1S/C27H20BrClFN3O7S/c1-2-39-22-10-16(9-19(28)25(22)40-14-15-3-6-18(7-4-15)33(37)38)11-23-26(35)32(27(36)41-23)13-24(34)31-17-5-8-21(30)20(29)12-17/h3-12H,2,13-14H2,1H3,(H,31,34)/b23-11+. The van der Waals surface area contributed by atoms with Gasteiger partial charge in [0.25, 0.3) is 16.8 Å². The van der Waals surface area contributed by atoms with Crippen molar-refractivity contribution in [2.24, 2.45) is 0 Å². The number of hydrogen-bond donors (Lipinski definition) is 1. The van der Waals surface area contributed by atoms with Gasteiger partial charge in [-0.25, -0.2) is 4.39 Å². The average molecular weight is 665 g/mol. The highest BCUT2D eigenvalue weighted by Gasteiger charge is 2.36. The molecule has 14 heteroatoms. The molecule has 0 radical (unpaired) electrons. The summed E-state index contributed by atoms with van der Waals surface area (Å²) in [5, 5.41) is 12.5. The maximum absolute atomic E-state index is 13.4. The number of nitrogens with one attached hydrogen (secondary N) is 1. The molecule has 1 aliphatic heterocycles. The average Bonchev–Trinajstić information content (AvgIpc) is 3.17. The van der Waals surface area contributed by atoms with E-state index in [1.54, 1.807) is 31.2 Å². The van der Waals surface area contributed by atoms with Crippen molar-refractivity contribution in [1.29, 1.82) is 0 Å². The van der Waals surface area contributed by atoms with Gasteiger partial charge in [-0.1, -0.05) is 11.6 Å². The molecule has 212 valence electrons. The molecule has 0 atom stereocenters. The normalized spacial score (nSPS) is 14.0. The molecule has 1 heterocycles. The summed E-state index contributed by atoms with van der Waals surface area (Å²) in [4.78, 5) is 49.2.